The van der Waals surface area contributed by atoms with E-state index in [1.807, 2.05) is 13.8 Å². The van der Waals surface area contributed by atoms with Crippen LogP contribution < -0.4 is 4.74 Å². The van der Waals surface area contributed by atoms with Crippen LogP contribution in [0.2, 0.25) is 0 Å². The topological polar surface area (TPSA) is 63.7 Å². The Hall–Kier alpha value is -1.56. The molecule has 6 heteroatoms. The van der Waals surface area contributed by atoms with Crippen LogP contribution in [0.1, 0.15) is 13.8 Å². The lowest BCUT2D eigenvalue weighted by molar-refractivity contribution is -0.137. The Kier molecular flexibility index (Phi) is 4.04. The summed E-state index contributed by atoms with van der Waals surface area (Å²) in [6, 6.07) is 6.34. The van der Waals surface area contributed by atoms with E-state index in [9.17, 15) is 13.2 Å². The van der Waals surface area contributed by atoms with Crippen molar-refractivity contribution in [2.75, 3.05) is 20.2 Å². The summed E-state index contributed by atoms with van der Waals surface area (Å²) in [6.45, 7) is 4.19. The van der Waals surface area contributed by atoms with Gasteiger partial charge in [-0.3, -0.25) is 4.79 Å². The molecule has 0 N–H and O–H groups in total. The van der Waals surface area contributed by atoms with Gasteiger partial charge in [0.05, 0.1) is 12.0 Å². The van der Waals surface area contributed by atoms with Crippen molar-refractivity contribution >= 4 is 15.7 Å². The zero-order chi connectivity index (χ0) is 14.9. The third kappa shape index (κ3) is 2.65. The average molecular weight is 297 g/mol. The van der Waals surface area contributed by atoms with Gasteiger partial charge in [-0.2, -0.15) is 0 Å². The van der Waals surface area contributed by atoms with Crippen LogP contribution in [0.4, 0.5) is 0 Å². The number of methoxy groups -OCH3 is 1. The van der Waals surface area contributed by atoms with Crippen LogP contribution in [-0.4, -0.2) is 44.7 Å². The number of sulfone groups is 1. The molecule has 0 unspecified atom stereocenters. The molecule has 110 valence electrons. The van der Waals surface area contributed by atoms with E-state index in [2.05, 4.69) is 0 Å². The largest absolute Gasteiger partial charge is 0.497 e. The molecule has 1 aromatic carbocycles. The summed E-state index contributed by atoms with van der Waals surface area (Å²) in [4.78, 5) is 13.6. The summed E-state index contributed by atoms with van der Waals surface area (Å²) >= 11 is 0. The van der Waals surface area contributed by atoms with E-state index in [0.717, 1.165) is 0 Å². The zero-order valence-corrected chi connectivity index (χ0v) is 12.7. The molecule has 0 aromatic heterocycles. The molecule has 0 aliphatic carbocycles. The minimum absolute atomic E-state index is 0.00572. The van der Waals surface area contributed by atoms with E-state index in [0.29, 0.717) is 5.75 Å². The maximum atomic E-state index is 12.4. The highest BCUT2D eigenvalue weighted by atomic mass is 32.2. The summed E-state index contributed by atoms with van der Waals surface area (Å²) in [5.74, 6) is 0.528. The third-order valence-corrected chi connectivity index (χ3v) is 5.59. The monoisotopic (exact) mass is 297 g/mol. The Morgan fingerprint density at radius 2 is 1.80 bits per heavy atom. The number of rotatable bonds is 4. The second kappa shape index (κ2) is 5.44. The molecule has 0 spiro atoms. The van der Waals surface area contributed by atoms with Gasteiger partial charge in [0.1, 0.15) is 11.0 Å². The Morgan fingerprint density at radius 1 is 1.25 bits per heavy atom. The fourth-order valence-corrected chi connectivity index (χ4v) is 3.79. The quantitative estimate of drug-likeness (QED) is 0.841. The van der Waals surface area contributed by atoms with Gasteiger partial charge in [-0.15, -0.1) is 0 Å². The SMILES string of the molecule is COc1ccc(S(=O)(=O)C2CN(C(=O)C(C)C)C2)cc1. The van der Waals surface area contributed by atoms with Gasteiger partial charge in [-0.25, -0.2) is 8.42 Å². The lowest BCUT2D eigenvalue weighted by atomic mass is 10.1. The normalized spacial score (nSPS) is 16.1. The second-order valence-electron chi connectivity index (χ2n) is 5.24. The van der Waals surface area contributed by atoms with Crippen molar-refractivity contribution in [2.45, 2.75) is 24.0 Å². The fourth-order valence-electron chi connectivity index (χ4n) is 2.14. The molecule has 1 saturated heterocycles. The third-order valence-electron chi connectivity index (χ3n) is 3.48. The Morgan fingerprint density at radius 3 is 2.25 bits per heavy atom. The average Bonchev–Trinajstić information content (AvgIpc) is 2.36. The van der Waals surface area contributed by atoms with Crippen LogP contribution in [-0.2, 0) is 14.6 Å². The van der Waals surface area contributed by atoms with Crippen molar-refractivity contribution < 1.29 is 17.9 Å². The van der Waals surface area contributed by atoms with Gasteiger partial charge < -0.3 is 9.64 Å². The number of benzene rings is 1. The predicted octanol–water partition coefficient (Wildman–Crippen LogP) is 1.34. The summed E-state index contributed by atoms with van der Waals surface area (Å²) in [6.07, 6.45) is 0. The van der Waals surface area contributed by atoms with Crippen LogP contribution in [0.25, 0.3) is 0 Å². The first-order valence-electron chi connectivity index (χ1n) is 6.53. The molecule has 2 rings (SSSR count). The van der Waals surface area contributed by atoms with E-state index in [-0.39, 0.29) is 29.8 Å². The highest BCUT2D eigenvalue weighted by molar-refractivity contribution is 7.92. The molecule has 1 fully saturated rings. The molecule has 0 atom stereocenters. The number of hydrogen-bond acceptors (Lipinski definition) is 4. The number of hydrogen-bond donors (Lipinski definition) is 0. The highest BCUT2D eigenvalue weighted by Crippen LogP contribution is 2.26. The molecular formula is C14H19NO4S. The zero-order valence-electron chi connectivity index (χ0n) is 11.9. The van der Waals surface area contributed by atoms with Crippen LogP contribution in [0.3, 0.4) is 0 Å². The van der Waals surface area contributed by atoms with Crippen LogP contribution in [0.5, 0.6) is 5.75 Å². The van der Waals surface area contributed by atoms with Crippen LogP contribution >= 0.6 is 0 Å². The lowest BCUT2D eigenvalue weighted by Gasteiger charge is -2.39. The molecule has 1 aliphatic heterocycles. The highest BCUT2D eigenvalue weighted by Gasteiger charge is 2.40. The minimum Gasteiger partial charge on any atom is -0.497 e. The lowest BCUT2D eigenvalue weighted by Crippen LogP contribution is -2.57. The summed E-state index contributed by atoms with van der Waals surface area (Å²) in [5, 5.41) is -0.501. The van der Waals surface area contributed by atoms with Gasteiger partial charge in [-0.05, 0) is 24.3 Å². The van der Waals surface area contributed by atoms with Crippen molar-refractivity contribution in [3.8, 4) is 5.75 Å². The Balaban J connectivity index is 2.07. The summed E-state index contributed by atoms with van der Waals surface area (Å²) in [5.41, 5.74) is 0. The number of amides is 1. The van der Waals surface area contributed by atoms with E-state index in [4.69, 9.17) is 4.74 Å². The number of carbonyl (C=O) groups excluding carboxylic acids is 1. The maximum Gasteiger partial charge on any atom is 0.225 e. The number of likely N-dealkylation sites (tertiary alicyclic amines) is 1. The second-order valence-corrected chi connectivity index (χ2v) is 7.47. The molecule has 0 saturated carbocycles. The predicted molar refractivity (Wildman–Crippen MR) is 75.4 cm³/mol. The molecule has 0 bridgehead atoms. The molecule has 0 radical (unpaired) electrons. The fraction of sp³-hybridized carbons (Fsp3) is 0.500. The molecule has 1 heterocycles. The van der Waals surface area contributed by atoms with Crippen molar-refractivity contribution in [1.29, 1.82) is 0 Å². The summed E-state index contributed by atoms with van der Waals surface area (Å²) < 4.78 is 29.8. The molecular weight excluding hydrogens is 278 g/mol. The first-order chi connectivity index (χ1) is 9.36. The molecule has 20 heavy (non-hydrogen) atoms. The van der Waals surface area contributed by atoms with Gasteiger partial charge in [0.15, 0.2) is 9.84 Å². The minimum atomic E-state index is -3.37. The van der Waals surface area contributed by atoms with Crippen LogP contribution in [0.15, 0.2) is 29.2 Å². The van der Waals surface area contributed by atoms with Gasteiger partial charge in [0.25, 0.3) is 0 Å². The molecule has 1 aliphatic rings. The first kappa shape index (κ1) is 14.8. The molecule has 1 aromatic rings. The van der Waals surface area contributed by atoms with Crippen molar-refractivity contribution in [3.63, 3.8) is 0 Å². The molecule has 1 amide bonds. The van der Waals surface area contributed by atoms with E-state index < -0.39 is 15.1 Å². The first-order valence-corrected chi connectivity index (χ1v) is 8.07. The number of ether oxygens (including phenoxy) is 1. The smallest absolute Gasteiger partial charge is 0.225 e. The van der Waals surface area contributed by atoms with Gasteiger partial charge in [-0.1, -0.05) is 13.8 Å². The maximum absolute atomic E-state index is 12.4. The van der Waals surface area contributed by atoms with Gasteiger partial charge in [0.2, 0.25) is 5.91 Å². The number of carbonyl (C=O) groups is 1. The van der Waals surface area contributed by atoms with E-state index >= 15 is 0 Å². The van der Waals surface area contributed by atoms with Crippen LogP contribution in [0, 0.1) is 5.92 Å². The number of nitrogens with zero attached hydrogens (tertiary/aromatic N) is 1. The van der Waals surface area contributed by atoms with Gasteiger partial charge >= 0.3 is 0 Å². The van der Waals surface area contributed by atoms with E-state index in [1.165, 1.54) is 7.11 Å². The van der Waals surface area contributed by atoms with Crippen molar-refractivity contribution in [1.82, 2.24) is 4.90 Å². The summed E-state index contributed by atoms with van der Waals surface area (Å²) in [7, 11) is -1.84. The Bertz CT molecular complexity index is 586. The molecule has 5 nitrogen and oxygen atoms in total. The Labute approximate surface area is 119 Å². The van der Waals surface area contributed by atoms with Crippen molar-refractivity contribution in [3.05, 3.63) is 24.3 Å². The van der Waals surface area contributed by atoms with Crippen molar-refractivity contribution in [2.24, 2.45) is 5.92 Å². The standard InChI is InChI=1S/C14H19NO4S/c1-10(2)14(16)15-8-13(9-15)20(17,18)12-6-4-11(19-3)5-7-12/h4-7,10,13H,8-9H2,1-3H3. The van der Waals surface area contributed by atoms with Gasteiger partial charge in [0, 0.05) is 19.0 Å². The van der Waals surface area contributed by atoms with E-state index in [1.54, 1.807) is 29.2 Å².